The Labute approximate surface area is 211 Å². The molecule has 0 aliphatic rings. The fourth-order valence-electron chi connectivity index (χ4n) is 3.99. The molecule has 35 heavy (non-hydrogen) atoms. The molecular formula is C30H43NO4. The number of hydrogen-bond acceptors (Lipinski definition) is 3. The zero-order chi connectivity index (χ0) is 26.2. The first-order valence-corrected chi connectivity index (χ1v) is 12.8. The molecule has 1 amide bonds. The lowest BCUT2D eigenvalue weighted by Crippen LogP contribution is -2.23. The molecule has 0 unspecified atom stereocenters. The van der Waals surface area contributed by atoms with E-state index in [0.717, 1.165) is 29.7 Å². The van der Waals surface area contributed by atoms with Crippen LogP contribution in [0, 0.1) is 0 Å². The molecule has 0 heterocycles. The van der Waals surface area contributed by atoms with E-state index >= 15 is 0 Å². The zero-order valence-electron chi connectivity index (χ0n) is 22.6. The first-order valence-electron chi connectivity index (χ1n) is 12.8. The Bertz CT molecular complexity index is 959. The van der Waals surface area contributed by atoms with Gasteiger partial charge in [0.2, 0.25) is 0 Å². The third-order valence-electron chi connectivity index (χ3n) is 6.10. The Kier molecular flexibility index (Phi) is 9.93. The first kappa shape index (κ1) is 28.4. The molecule has 0 aliphatic carbocycles. The van der Waals surface area contributed by atoms with Crippen molar-refractivity contribution >= 4 is 17.6 Å². The van der Waals surface area contributed by atoms with Crippen LogP contribution in [0.2, 0.25) is 0 Å². The second-order valence-electron chi connectivity index (χ2n) is 11.4. The molecule has 5 nitrogen and oxygen atoms in total. The van der Waals surface area contributed by atoms with E-state index in [4.69, 9.17) is 9.84 Å². The molecule has 2 rings (SSSR count). The maximum atomic E-state index is 13.2. The van der Waals surface area contributed by atoms with Crippen LogP contribution in [0.25, 0.3) is 0 Å². The van der Waals surface area contributed by atoms with Crippen molar-refractivity contribution in [1.29, 1.82) is 0 Å². The molecular weight excluding hydrogens is 438 g/mol. The molecule has 0 spiro atoms. The quantitative estimate of drug-likeness (QED) is 0.319. The second-order valence-corrected chi connectivity index (χ2v) is 11.4. The van der Waals surface area contributed by atoms with E-state index in [1.165, 1.54) is 37.8 Å². The van der Waals surface area contributed by atoms with Gasteiger partial charge in [-0.3, -0.25) is 4.79 Å². The van der Waals surface area contributed by atoms with E-state index in [1.807, 2.05) is 12.1 Å². The van der Waals surface area contributed by atoms with Crippen molar-refractivity contribution in [3.05, 3.63) is 58.7 Å². The predicted molar refractivity (Wildman–Crippen MR) is 144 cm³/mol. The second kappa shape index (κ2) is 12.2. The summed E-state index contributed by atoms with van der Waals surface area (Å²) in [6, 6.07) is 10.1. The maximum Gasteiger partial charge on any atom is 0.335 e. The molecule has 5 heteroatoms. The van der Waals surface area contributed by atoms with Crippen LogP contribution in [-0.4, -0.2) is 23.6 Å². The van der Waals surface area contributed by atoms with Crippen LogP contribution in [0.3, 0.4) is 0 Å². The standard InChI is InChI=1S/C30H43NO4/c1-8-9-10-11-12-13-18-35-26-24(29(2,3)4)19-22(20-25(26)30(5,6)7)27(32)31-23-16-14-21(15-17-23)28(33)34/h14-17,19-20H,8-13,18H2,1-7H3,(H,31,32)(H,33,34). The number of aromatic carboxylic acids is 1. The summed E-state index contributed by atoms with van der Waals surface area (Å²) in [6.07, 6.45) is 7.23. The topological polar surface area (TPSA) is 75.6 Å². The fourth-order valence-corrected chi connectivity index (χ4v) is 3.99. The number of benzene rings is 2. The molecule has 0 fully saturated rings. The summed E-state index contributed by atoms with van der Waals surface area (Å²) in [4.78, 5) is 24.3. The van der Waals surface area contributed by atoms with Crippen LogP contribution in [0.4, 0.5) is 5.69 Å². The lowest BCUT2D eigenvalue weighted by molar-refractivity contribution is 0.0696. The summed E-state index contributed by atoms with van der Waals surface area (Å²) in [5.41, 5.74) is 2.91. The smallest absolute Gasteiger partial charge is 0.335 e. The van der Waals surface area contributed by atoms with Crippen LogP contribution in [0.15, 0.2) is 36.4 Å². The molecule has 0 saturated carbocycles. The van der Waals surface area contributed by atoms with Gasteiger partial charge in [-0.25, -0.2) is 4.79 Å². The van der Waals surface area contributed by atoms with Gasteiger partial charge in [-0.1, -0.05) is 80.6 Å². The average Bonchev–Trinajstić information content (AvgIpc) is 2.77. The Balaban J connectivity index is 2.32. The summed E-state index contributed by atoms with van der Waals surface area (Å²) in [5, 5.41) is 12.0. The van der Waals surface area contributed by atoms with E-state index in [0.29, 0.717) is 17.9 Å². The van der Waals surface area contributed by atoms with Crippen molar-refractivity contribution in [3.8, 4) is 5.75 Å². The molecule has 2 aromatic rings. The SMILES string of the molecule is CCCCCCCCOc1c(C(C)(C)C)cc(C(=O)Nc2ccc(C(=O)O)cc2)cc1C(C)(C)C. The Morgan fingerprint density at radius 3 is 1.80 bits per heavy atom. The molecule has 2 aromatic carbocycles. The van der Waals surface area contributed by atoms with Gasteiger partial charge in [0.05, 0.1) is 12.2 Å². The Hall–Kier alpha value is -2.82. The number of ether oxygens (including phenoxy) is 1. The maximum absolute atomic E-state index is 13.2. The number of carbonyl (C=O) groups excluding carboxylic acids is 1. The van der Waals surface area contributed by atoms with Gasteiger partial charge in [0.15, 0.2) is 0 Å². The van der Waals surface area contributed by atoms with Gasteiger partial charge in [-0.05, 0) is 53.6 Å². The number of carboxylic acid groups (broad SMARTS) is 1. The molecule has 0 radical (unpaired) electrons. The number of unbranched alkanes of at least 4 members (excludes halogenated alkanes) is 5. The third-order valence-corrected chi connectivity index (χ3v) is 6.10. The van der Waals surface area contributed by atoms with Gasteiger partial charge in [-0.2, -0.15) is 0 Å². The van der Waals surface area contributed by atoms with Crippen molar-refractivity contribution in [2.24, 2.45) is 0 Å². The average molecular weight is 482 g/mol. The van der Waals surface area contributed by atoms with Gasteiger partial charge in [0, 0.05) is 22.4 Å². The van der Waals surface area contributed by atoms with Crippen LogP contribution in [-0.2, 0) is 10.8 Å². The van der Waals surface area contributed by atoms with Crippen LogP contribution in [0.5, 0.6) is 5.75 Å². The molecule has 2 N–H and O–H groups in total. The van der Waals surface area contributed by atoms with Crippen molar-refractivity contribution in [3.63, 3.8) is 0 Å². The Morgan fingerprint density at radius 1 is 0.800 bits per heavy atom. The van der Waals surface area contributed by atoms with Gasteiger partial charge in [0.1, 0.15) is 5.75 Å². The number of carboxylic acids is 1. The highest BCUT2D eigenvalue weighted by molar-refractivity contribution is 6.05. The van der Waals surface area contributed by atoms with Gasteiger partial charge >= 0.3 is 5.97 Å². The highest BCUT2D eigenvalue weighted by Gasteiger charge is 2.29. The lowest BCUT2D eigenvalue weighted by atomic mass is 9.78. The van der Waals surface area contributed by atoms with Crippen molar-refractivity contribution in [2.75, 3.05) is 11.9 Å². The summed E-state index contributed by atoms with van der Waals surface area (Å²) in [5.74, 6) is -0.337. The number of rotatable bonds is 11. The summed E-state index contributed by atoms with van der Waals surface area (Å²) in [7, 11) is 0. The summed E-state index contributed by atoms with van der Waals surface area (Å²) in [6.45, 7) is 15.7. The predicted octanol–water partition coefficient (Wildman–Crippen LogP) is 7.97. The Morgan fingerprint density at radius 2 is 1.31 bits per heavy atom. The minimum Gasteiger partial charge on any atom is -0.493 e. The molecule has 0 bridgehead atoms. The number of carbonyl (C=O) groups is 2. The third kappa shape index (κ3) is 8.41. The van der Waals surface area contributed by atoms with Crippen LogP contribution < -0.4 is 10.1 Å². The molecule has 0 atom stereocenters. The van der Waals surface area contributed by atoms with E-state index < -0.39 is 5.97 Å². The minimum absolute atomic E-state index is 0.180. The molecule has 0 aliphatic heterocycles. The molecule has 0 aromatic heterocycles. The van der Waals surface area contributed by atoms with E-state index in [-0.39, 0.29) is 22.3 Å². The zero-order valence-corrected chi connectivity index (χ0v) is 22.6. The van der Waals surface area contributed by atoms with E-state index in [9.17, 15) is 9.59 Å². The monoisotopic (exact) mass is 481 g/mol. The minimum atomic E-state index is -0.996. The van der Waals surface area contributed by atoms with Crippen molar-refractivity contribution < 1.29 is 19.4 Å². The van der Waals surface area contributed by atoms with Gasteiger partial charge < -0.3 is 15.2 Å². The van der Waals surface area contributed by atoms with Crippen molar-refractivity contribution in [1.82, 2.24) is 0 Å². The van der Waals surface area contributed by atoms with Gasteiger partial charge in [0.25, 0.3) is 5.91 Å². The van der Waals surface area contributed by atoms with Gasteiger partial charge in [-0.15, -0.1) is 0 Å². The highest BCUT2D eigenvalue weighted by atomic mass is 16.5. The number of nitrogens with one attached hydrogen (secondary N) is 1. The lowest BCUT2D eigenvalue weighted by Gasteiger charge is -2.30. The molecule has 0 saturated heterocycles. The first-order chi connectivity index (χ1) is 16.3. The van der Waals surface area contributed by atoms with Crippen LogP contribution >= 0.6 is 0 Å². The molecule has 192 valence electrons. The summed E-state index contributed by atoms with van der Waals surface area (Å²) >= 11 is 0. The van der Waals surface area contributed by atoms with E-state index in [1.54, 1.807) is 12.1 Å². The number of anilines is 1. The highest BCUT2D eigenvalue weighted by Crippen LogP contribution is 2.41. The summed E-state index contributed by atoms with van der Waals surface area (Å²) < 4.78 is 6.43. The number of amides is 1. The normalized spacial score (nSPS) is 11.9. The number of hydrogen-bond donors (Lipinski definition) is 2. The fraction of sp³-hybridized carbons (Fsp3) is 0.533. The largest absolute Gasteiger partial charge is 0.493 e. The van der Waals surface area contributed by atoms with E-state index in [2.05, 4.69) is 53.8 Å². The van der Waals surface area contributed by atoms with Crippen LogP contribution in [0.1, 0.15) is 119 Å². The van der Waals surface area contributed by atoms with Crippen molar-refractivity contribution in [2.45, 2.75) is 97.8 Å².